The Kier molecular flexibility index (Phi) is 6.21. The lowest BCUT2D eigenvalue weighted by molar-refractivity contribution is -0.144. The van der Waals surface area contributed by atoms with Crippen molar-refractivity contribution in [2.24, 2.45) is 5.73 Å². The highest BCUT2D eigenvalue weighted by Crippen LogP contribution is 2.36. The third-order valence-electron chi connectivity index (χ3n) is 4.85. The van der Waals surface area contributed by atoms with Gasteiger partial charge in [-0.1, -0.05) is 30.3 Å². The van der Waals surface area contributed by atoms with E-state index in [1.165, 1.54) is 24.3 Å². The third-order valence-corrected chi connectivity index (χ3v) is 4.85. The van der Waals surface area contributed by atoms with Gasteiger partial charge >= 0.3 is 12.1 Å². The van der Waals surface area contributed by atoms with Crippen LogP contribution in [0.15, 0.2) is 48.5 Å². The minimum absolute atomic E-state index is 0.0342. The van der Waals surface area contributed by atoms with E-state index in [2.05, 4.69) is 10.3 Å². The van der Waals surface area contributed by atoms with Crippen molar-refractivity contribution < 1.29 is 33.0 Å². The molecule has 31 heavy (non-hydrogen) atoms. The van der Waals surface area contributed by atoms with Crippen LogP contribution in [0.1, 0.15) is 16.8 Å². The van der Waals surface area contributed by atoms with Crippen LogP contribution >= 0.6 is 0 Å². The molecule has 3 aromatic rings. The second-order valence-corrected chi connectivity index (χ2v) is 7.10. The number of aliphatic carboxylic acids is 1. The van der Waals surface area contributed by atoms with Crippen LogP contribution < -0.4 is 11.1 Å². The van der Waals surface area contributed by atoms with E-state index in [-0.39, 0.29) is 28.6 Å². The van der Waals surface area contributed by atoms with Crippen LogP contribution in [0, 0.1) is 0 Å². The average Bonchev–Trinajstić information content (AvgIpc) is 3.08. The zero-order chi connectivity index (χ0) is 22.8. The smallest absolute Gasteiger partial charge is 0.431 e. The summed E-state index contributed by atoms with van der Waals surface area (Å²) in [6.45, 7) is 0. The number of phenolic OH excluding ortho intramolecular Hbond substituents is 1. The molecule has 2 atom stereocenters. The van der Waals surface area contributed by atoms with Gasteiger partial charge in [0.05, 0.1) is 6.04 Å². The first-order valence-electron chi connectivity index (χ1n) is 9.29. The van der Waals surface area contributed by atoms with Gasteiger partial charge in [-0.3, -0.25) is 4.79 Å². The molecule has 0 radical (unpaired) electrons. The summed E-state index contributed by atoms with van der Waals surface area (Å²) in [7, 11) is 0. The van der Waals surface area contributed by atoms with Gasteiger partial charge in [-0.2, -0.15) is 13.2 Å². The molecule has 6 N–H and O–H groups in total. The third kappa shape index (κ3) is 5.15. The summed E-state index contributed by atoms with van der Waals surface area (Å²) in [5, 5.41) is 21.3. The Labute approximate surface area is 174 Å². The number of amides is 1. The predicted octanol–water partition coefficient (Wildman–Crippen LogP) is 2.57. The number of carboxylic acid groups (broad SMARTS) is 1. The number of rotatable bonds is 7. The SMILES string of the molecule is N[C@@H](Cc1ccc(O)cc1)C(=O)N[C@@H](Cc1c(C(F)(F)F)[nH]c2ccccc12)C(=O)O. The lowest BCUT2D eigenvalue weighted by Crippen LogP contribution is -2.50. The molecule has 0 bridgehead atoms. The molecule has 0 aliphatic heterocycles. The van der Waals surface area contributed by atoms with Crippen molar-refractivity contribution in [2.45, 2.75) is 31.1 Å². The van der Waals surface area contributed by atoms with Gasteiger partial charge in [-0.25, -0.2) is 4.79 Å². The van der Waals surface area contributed by atoms with E-state index in [0.717, 1.165) is 0 Å². The minimum Gasteiger partial charge on any atom is -0.508 e. The number of alkyl halides is 3. The van der Waals surface area contributed by atoms with Crippen LogP contribution in [0.3, 0.4) is 0 Å². The van der Waals surface area contributed by atoms with Crippen LogP contribution in [0.4, 0.5) is 13.2 Å². The summed E-state index contributed by atoms with van der Waals surface area (Å²) >= 11 is 0. The number of hydrogen-bond donors (Lipinski definition) is 5. The molecule has 0 aliphatic rings. The number of benzene rings is 2. The largest absolute Gasteiger partial charge is 0.508 e. The topological polar surface area (TPSA) is 128 Å². The van der Waals surface area contributed by atoms with E-state index in [1.54, 1.807) is 24.3 Å². The van der Waals surface area contributed by atoms with Crippen molar-refractivity contribution in [2.75, 3.05) is 0 Å². The fourth-order valence-corrected chi connectivity index (χ4v) is 3.32. The maximum absolute atomic E-state index is 13.5. The molecular weight excluding hydrogens is 415 g/mol. The highest BCUT2D eigenvalue weighted by Gasteiger charge is 2.38. The Hall–Kier alpha value is -3.53. The number of aromatic nitrogens is 1. The summed E-state index contributed by atoms with van der Waals surface area (Å²) in [5.74, 6) is -2.26. The number of halogens is 3. The number of carbonyl (C=O) groups is 2. The summed E-state index contributed by atoms with van der Waals surface area (Å²) in [4.78, 5) is 26.4. The molecule has 0 unspecified atom stereocenters. The Morgan fingerprint density at radius 3 is 2.32 bits per heavy atom. The first-order valence-corrected chi connectivity index (χ1v) is 9.29. The molecule has 2 aromatic carbocycles. The molecule has 0 saturated heterocycles. The number of H-pyrrole nitrogens is 1. The van der Waals surface area contributed by atoms with Gasteiger partial charge in [0.25, 0.3) is 0 Å². The zero-order valence-corrected chi connectivity index (χ0v) is 16.1. The lowest BCUT2D eigenvalue weighted by Gasteiger charge is -2.19. The van der Waals surface area contributed by atoms with Crippen molar-refractivity contribution in [3.8, 4) is 5.75 Å². The van der Waals surface area contributed by atoms with Gasteiger partial charge in [0.2, 0.25) is 5.91 Å². The summed E-state index contributed by atoms with van der Waals surface area (Å²) in [6, 6.07) is 9.20. The van der Waals surface area contributed by atoms with Crippen molar-refractivity contribution in [1.29, 1.82) is 0 Å². The fraction of sp³-hybridized carbons (Fsp3) is 0.238. The molecule has 10 heteroatoms. The number of aromatic amines is 1. The molecule has 0 spiro atoms. The summed E-state index contributed by atoms with van der Waals surface area (Å²) < 4.78 is 40.5. The van der Waals surface area contributed by atoms with Crippen molar-refractivity contribution in [1.82, 2.24) is 10.3 Å². The number of hydrogen-bond acceptors (Lipinski definition) is 4. The van der Waals surface area contributed by atoms with Gasteiger partial charge < -0.3 is 26.2 Å². The first kappa shape index (κ1) is 22.2. The number of fused-ring (bicyclic) bond motifs is 1. The fourth-order valence-electron chi connectivity index (χ4n) is 3.32. The maximum Gasteiger partial charge on any atom is 0.431 e. The van der Waals surface area contributed by atoms with E-state index in [0.29, 0.717) is 5.56 Å². The number of carboxylic acids is 1. The first-order chi connectivity index (χ1) is 14.6. The van der Waals surface area contributed by atoms with Crippen LogP contribution in [0.25, 0.3) is 10.9 Å². The van der Waals surface area contributed by atoms with Gasteiger partial charge in [-0.05, 0) is 35.7 Å². The van der Waals surface area contributed by atoms with E-state index in [4.69, 9.17) is 5.73 Å². The Morgan fingerprint density at radius 1 is 1.06 bits per heavy atom. The van der Waals surface area contributed by atoms with Crippen LogP contribution in [0.2, 0.25) is 0 Å². The normalized spacial score (nSPS) is 13.7. The minimum atomic E-state index is -4.73. The van der Waals surface area contributed by atoms with Crippen LogP contribution in [-0.4, -0.2) is 39.2 Å². The quantitative estimate of drug-likeness (QED) is 0.390. The van der Waals surface area contributed by atoms with E-state index >= 15 is 0 Å². The van der Waals surface area contributed by atoms with Gasteiger partial charge in [0, 0.05) is 17.3 Å². The monoisotopic (exact) mass is 435 g/mol. The number of phenols is 1. The predicted molar refractivity (Wildman–Crippen MR) is 106 cm³/mol. The van der Waals surface area contributed by atoms with Crippen LogP contribution in [0.5, 0.6) is 5.75 Å². The molecule has 0 fully saturated rings. The van der Waals surface area contributed by atoms with Crippen molar-refractivity contribution in [3.05, 3.63) is 65.4 Å². The molecule has 3 rings (SSSR count). The van der Waals surface area contributed by atoms with Crippen molar-refractivity contribution >= 4 is 22.8 Å². The summed E-state index contributed by atoms with van der Waals surface area (Å²) in [6.07, 6.45) is -5.25. The highest BCUT2D eigenvalue weighted by molar-refractivity contribution is 5.89. The number of nitrogens with two attached hydrogens (primary N) is 1. The number of carbonyl (C=O) groups excluding carboxylic acids is 1. The summed E-state index contributed by atoms with van der Waals surface area (Å²) in [5.41, 5.74) is 5.39. The maximum atomic E-state index is 13.5. The standard InChI is InChI=1S/C21H20F3N3O4/c22-21(23,24)18-14(13-3-1-2-4-16(13)26-18)10-17(20(30)31)27-19(29)15(25)9-11-5-7-12(28)8-6-11/h1-8,15,17,26,28H,9-10,25H2,(H,27,29)(H,30,31)/t15-,17-/m0/s1. The molecular formula is C21H20F3N3O4. The van der Waals surface area contributed by atoms with Gasteiger partial charge in [-0.15, -0.1) is 0 Å². The van der Waals surface area contributed by atoms with E-state index < -0.39 is 42.3 Å². The molecule has 1 amide bonds. The molecule has 1 aromatic heterocycles. The Morgan fingerprint density at radius 2 is 1.71 bits per heavy atom. The Balaban J connectivity index is 1.81. The van der Waals surface area contributed by atoms with Crippen molar-refractivity contribution in [3.63, 3.8) is 0 Å². The second kappa shape index (κ2) is 8.68. The molecule has 7 nitrogen and oxygen atoms in total. The average molecular weight is 435 g/mol. The van der Waals surface area contributed by atoms with E-state index in [9.17, 15) is 33.0 Å². The van der Waals surface area contributed by atoms with Gasteiger partial charge in [0.1, 0.15) is 17.5 Å². The highest BCUT2D eigenvalue weighted by atomic mass is 19.4. The molecule has 0 saturated carbocycles. The number of aromatic hydroxyl groups is 1. The molecule has 0 aliphatic carbocycles. The Bertz CT molecular complexity index is 1090. The van der Waals surface area contributed by atoms with Crippen LogP contribution in [-0.2, 0) is 28.6 Å². The zero-order valence-electron chi connectivity index (χ0n) is 16.1. The van der Waals surface area contributed by atoms with E-state index in [1.807, 2.05) is 0 Å². The number of para-hydroxylation sites is 1. The molecule has 164 valence electrons. The number of nitrogens with one attached hydrogen (secondary N) is 2. The van der Waals surface area contributed by atoms with Gasteiger partial charge in [0.15, 0.2) is 0 Å². The molecule has 1 heterocycles. The lowest BCUT2D eigenvalue weighted by atomic mass is 10.0. The second-order valence-electron chi connectivity index (χ2n) is 7.10.